The van der Waals surface area contributed by atoms with Crippen molar-refractivity contribution < 1.29 is 19.1 Å². The van der Waals surface area contributed by atoms with Gasteiger partial charge in [-0.15, -0.1) is 0 Å². The second-order valence-electron chi connectivity index (χ2n) is 6.58. The van der Waals surface area contributed by atoms with Crippen LogP contribution in [0.15, 0.2) is 72.8 Å². The first-order chi connectivity index (χ1) is 14.4. The van der Waals surface area contributed by atoms with E-state index in [1.165, 1.54) is 6.92 Å². The lowest BCUT2D eigenvalue weighted by Crippen LogP contribution is -2.22. The molecule has 0 aromatic heterocycles. The van der Waals surface area contributed by atoms with Gasteiger partial charge in [0.1, 0.15) is 11.5 Å². The minimum absolute atomic E-state index is 0.151. The van der Waals surface area contributed by atoms with Gasteiger partial charge in [0.25, 0.3) is 5.91 Å². The van der Waals surface area contributed by atoms with Crippen molar-refractivity contribution in [1.82, 2.24) is 5.32 Å². The average Bonchev–Trinajstić information content (AvgIpc) is 2.73. The second-order valence-corrected chi connectivity index (χ2v) is 6.58. The molecule has 0 heterocycles. The lowest BCUT2D eigenvalue weighted by atomic mass is 10.1. The summed E-state index contributed by atoms with van der Waals surface area (Å²) in [7, 11) is 0. The lowest BCUT2D eigenvalue weighted by Gasteiger charge is -2.09. The Hall–Kier alpha value is -4.13. The van der Waals surface area contributed by atoms with Crippen LogP contribution in [0.4, 0.5) is 5.69 Å². The van der Waals surface area contributed by atoms with Crippen LogP contribution in [0.3, 0.4) is 0 Å². The highest BCUT2D eigenvalue weighted by Crippen LogP contribution is 2.22. The van der Waals surface area contributed by atoms with E-state index in [9.17, 15) is 14.4 Å². The Morgan fingerprint density at radius 2 is 1.47 bits per heavy atom. The maximum atomic E-state index is 12.4. The normalized spacial score (nSPS) is 10.2. The number of hydrogen-bond acceptors (Lipinski definition) is 4. The van der Waals surface area contributed by atoms with Gasteiger partial charge in [0.15, 0.2) is 0 Å². The van der Waals surface area contributed by atoms with Crippen LogP contribution in [0.5, 0.6) is 11.5 Å². The molecular weight excluding hydrogens is 382 g/mol. The van der Waals surface area contributed by atoms with Crippen molar-refractivity contribution in [3.05, 3.63) is 89.5 Å². The molecule has 4 N–H and O–H groups in total. The number of carbonyl (C=O) groups excluding carboxylic acids is 3. The SMILES string of the molecule is CC(=O)Nc1cccc(CNC(=O)c2ccc(Oc3ccc(C(N)=O)cc3)cc2)c1. The number of primary amides is 1. The van der Waals surface area contributed by atoms with Gasteiger partial charge in [-0.25, -0.2) is 0 Å². The molecule has 0 aliphatic heterocycles. The molecule has 3 rings (SSSR count). The van der Waals surface area contributed by atoms with Gasteiger partial charge >= 0.3 is 0 Å². The number of ether oxygens (including phenoxy) is 1. The van der Waals surface area contributed by atoms with Gasteiger partial charge < -0.3 is 21.1 Å². The highest BCUT2D eigenvalue weighted by molar-refractivity contribution is 5.94. The van der Waals surface area contributed by atoms with Crippen LogP contribution < -0.4 is 21.1 Å². The molecule has 0 saturated heterocycles. The van der Waals surface area contributed by atoms with E-state index in [1.54, 1.807) is 54.6 Å². The fourth-order valence-corrected chi connectivity index (χ4v) is 2.74. The van der Waals surface area contributed by atoms with Crippen molar-refractivity contribution in [2.75, 3.05) is 5.32 Å². The van der Waals surface area contributed by atoms with Gasteiger partial charge in [-0.1, -0.05) is 12.1 Å². The van der Waals surface area contributed by atoms with E-state index in [2.05, 4.69) is 10.6 Å². The Labute approximate surface area is 173 Å². The summed E-state index contributed by atoms with van der Waals surface area (Å²) in [5, 5.41) is 5.56. The van der Waals surface area contributed by atoms with Crippen molar-refractivity contribution >= 4 is 23.4 Å². The monoisotopic (exact) mass is 403 g/mol. The summed E-state index contributed by atoms with van der Waals surface area (Å²) in [5.74, 6) is 0.232. The molecule has 7 nitrogen and oxygen atoms in total. The highest BCUT2D eigenvalue weighted by Gasteiger charge is 2.07. The number of nitrogens with one attached hydrogen (secondary N) is 2. The molecule has 0 bridgehead atoms. The van der Waals surface area contributed by atoms with Crippen molar-refractivity contribution in [1.29, 1.82) is 0 Å². The minimum Gasteiger partial charge on any atom is -0.457 e. The van der Waals surface area contributed by atoms with E-state index >= 15 is 0 Å². The van der Waals surface area contributed by atoms with Crippen LogP contribution in [0, 0.1) is 0 Å². The molecule has 3 aromatic carbocycles. The molecular formula is C23H21N3O4. The summed E-state index contributed by atoms with van der Waals surface area (Å²) >= 11 is 0. The first-order valence-electron chi connectivity index (χ1n) is 9.23. The molecule has 7 heteroatoms. The van der Waals surface area contributed by atoms with Gasteiger partial charge in [-0.3, -0.25) is 14.4 Å². The maximum absolute atomic E-state index is 12.4. The van der Waals surface area contributed by atoms with Crippen LogP contribution in [-0.2, 0) is 11.3 Å². The summed E-state index contributed by atoms with van der Waals surface area (Å²) in [6, 6.07) is 20.4. The lowest BCUT2D eigenvalue weighted by molar-refractivity contribution is -0.114. The first kappa shape index (κ1) is 20.6. The Bertz CT molecular complexity index is 1060. The number of hydrogen-bond donors (Lipinski definition) is 3. The fourth-order valence-electron chi connectivity index (χ4n) is 2.74. The highest BCUT2D eigenvalue weighted by atomic mass is 16.5. The maximum Gasteiger partial charge on any atom is 0.251 e. The third-order valence-corrected chi connectivity index (χ3v) is 4.19. The average molecular weight is 403 g/mol. The topological polar surface area (TPSA) is 111 Å². The molecule has 0 spiro atoms. The van der Waals surface area contributed by atoms with E-state index in [0.717, 1.165) is 5.56 Å². The van der Waals surface area contributed by atoms with Gasteiger partial charge in [0.05, 0.1) is 0 Å². The molecule has 3 aromatic rings. The number of rotatable bonds is 7. The molecule has 30 heavy (non-hydrogen) atoms. The largest absolute Gasteiger partial charge is 0.457 e. The molecule has 0 atom stereocenters. The van der Waals surface area contributed by atoms with Crippen LogP contribution in [0.25, 0.3) is 0 Å². The number of anilines is 1. The molecule has 152 valence electrons. The zero-order chi connectivity index (χ0) is 21.5. The summed E-state index contributed by atoms with van der Waals surface area (Å²) in [5.41, 5.74) is 7.66. The summed E-state index contributed by atoms with van der Waals surface area (Å²) < 4.78 is 5.70. The van der Waals surface area contributed by atoms with E-state index < -0.39 is 5.91 Å². The van der Waals surface area contributed by atoms with Gasteiger partial charge in [-0.05, 0) is 66.2 Å². The Kier molecular flexibility index (Phi) is 6.44. The van der Waals surface area contributed by atoms with Crippen LogP contribution in [0.2, 0.25) is 0 Å². The van der Waals surface area contributed by atoms with E-state index in [1.807, 2.05) is 18.2 Å². The van der Waals surface area contributed by atoms with Crippen LogP contribution in [0.1, 0.15) is 33.2 Å². The standard InChI is InChI=1S/C23H21N3O4/c1-15(27)26-19-4-2-3-16(13-19)14-25-23(29)18-7-11-21(12-8-18)30-20-9-5-17(6-10-20)22(24)28/h2-13H,14H2,1H3,(H2,24,28)(H,25,29)(H,26,27). The van der Waals surface area contributed by atoms with Gasteiger partial charge in [0, 0.05) is 30.3 Å². The number of amides is 3. The molecule has 0 aliphatic carbocycles. The van der Waals surface area contributed by atoms with Crippen LogP contribution >= 0.6 is 0 Å². The number of nitrogens with two attached hydrogens (primary N) is 1. The Balaban J connectivity index is 1.57. The predicted molar refractivity (Wildman–Crippen MR) is 113 cm³/mol. The van der Waals surface area contributed by atoms with Gasteiger partial charge in [0.2, 0.25) is 11.8 Å². The van der Waals surface area contributed by atoms with Crippen molar-refractivity contribution in [3.8, 4) is 11.5 Å². The summed E-state index contributed by atoms with van der Waals surface area (Å²) in [4.78, 5) is 34.6. The van der Waals surface area contributed by atoms with Crippen molar-refractivity contribution in [2.45, 2.75) is 13.5 Å². The zero-order valence-corrected chi connectivity index (χ0v) is 16.3. The first-order valence-corrected chi connectivity index (χ1v) is 9.23. The molecule has 0 radical (unpaired) electrons. The third-order valence-electron chi connectivity index (χ3n) is 4.19. The van der Waals surface area contributed by atoms with Crippen molar-refractivity contribution in [3.63, 3.8) is 0 Å². The van der Waals surface area contributed by atoms with Crippen molar-refractivity contribution in [2.24, 2.45) is 5.73 Å². The third kappa shape index (κ3) is 5.68. The Morgan fingerprint density at radius 1 is 0.867 bits per heavy atom. The van der Waals surface area contributed by atoms with Crippen LogP contribution in [-0.4, -0.2) is 17.7 Å². The van der Waals surface area contributed by atoms with E-state index in [4.69, 9.17) is 10.5 Å². The second kappa shape index (κ2) is 9.38. The fraction of sp³-hybridized carbons (Fsp3) is 0.0870. The minimum atomic E-state index is -0.501. The molecule has 0 saturated carbocycles. The number of benzene rings is 3. The smallest absolute Gasteiger partial charge is 0.251 e. The zero-order valence-electron chi connectivity index (χ0n) is 16.3. The molecule has 3 amide bonds. The summed E-state index contributed by atoms with van der Waals surface area (Å²) in [6.45, 7) is 1.77. The molecule has 0 aliphatic rings. The number of carbonyl (C=O) groups is 3. The quantitative estimate of drug-likeness (QED) is 0.561. The van der Waals surface area contributed by atoms with Gasteiger partial charge in [-0.2, -0.15) is 0 Å². The van der Waals surface area contributed by atoms with E-state index in [-0.39, 0.29) is 11.8 Å². The summed E-state index contributed by atoms with van der Waals surface area (Å²) in [6.07, 6.45) is 0. The Morgan fingerprint density at radius 3 is 2.03 bits per heavy atom. The van der Waals surface area contributed by atoms with E-state index in [0.29, 0.717) is 34.9 Å². The predicted octanol–water partition coefficient (Wildman–Crippen LogP) is 3.47. The molecule has 0 unspecified atom stereocenters. The molecule has 0 fully saturated rings.